The molecule has 0 saturated carbocycles. The second-order valence-electron chi connectivity index (χ2n) is 2.86. The Kier molecular flexibility index (Phi) is 1.70. The lowest BCUT2D eigenvalue weighted by Crippen LogP contribution is -2.22. The van der Waals surface area contributed by atoms with Gasteiger partial charge in [0.25, 0.3) is 0 Å². The number of hydrazone groups is 1. The van der Waals surface area contributed by atoms with Crippen LogP contribution in [0.4, 0.5) is 5.69 Å². The van der Waals surface area contributed by atoms with E-state index in [0.717, 1.165) is 12.4 Å². The minimum Gasteiger partial charge on any atom is -0.345 e. The molecular weight excluding hydrogens is 150 g/mol. The number of benzene rings is 1. The molecule has 0 aliphatic carbocycles. The average molecular weight is 161 g/mol. The number of para-hydroxylation sites is 1. The Labute approximate surface area is 71.9 Å². The third-order valence-corrected chi connectivity index (χ3v) is 1.80. The molecule has 1 aromatic rings. The highest BCUT2D eigenvalue weighted by atomic mass is 15.6. The van der Waals surface area contributed by atoms with Gasteiger partial charge in [0, 0.05) is 7.05 Å². The SMILES string of the molecule is CN1C=NN(c2ccccc2)C1. The van der Waals surface area contributed by atoms with Crippen LogP contribution in [0.25, 0.3) is 0 Å². The standard InChI is InChI=1S/C9H11N3/c1-11-7-10-12(8-11)9-5-3-2-4-6-9/h2-7H,8H2,1H3. The maximum absolute atomic E-state index is 4.22. The Balaban J connectivity index is 2.18. The van der Waals surface area contributed by atoms with Crippen molar-refractivity contribution in [2.75, 3.05) is 18.7 Å². The highest BCUT2D eigenvalue weighted by Gasteiger charge is 2.10. The van der Waals surface area contributed by atoms with Crippen LogP contribution in [-0.2, 0) is 0 Å². The van der Waals surface area contributed by atoms with Crippen LogP contribution in [0.5, 0.6) is 0 Å². The molecule has 3 nitrogen and oxygen atoms in total. The lowest BCUT2D eigenvalue weighted by Gasteiger charge is -2.15. The van der Waals surface area contributed by atoms with Gasteiger partial charge in [0.1, 0.15) is 13.0 Å². The average Bonchev–Trinajstić information content (AvgIpc) is 2.54. The quantitative estimate of drug-likeness (QED) is 0.619. The third kappa shape index (κ3) is 1.25. The largest absolute Gasteiger partial charge is 0.345 e. The van der Waals surface area contributed by atoms with Crippen molar-refractivity contribution in [3.63, 3.8) is 0 Å². The van der Waals surface area contributed by atoms with Gasteiger partial charge in [0.05, 0.1) is 5.69 Å². The Morgan fingerprint density at radius 3 is 2.58 bits per heavy atom. The van der Waals surface area contributed by atoms with Crippen LogP contribution >= 0.6 is 0 Å². The van der Waals surface area contributed by atoms with E-state index in [-0.39, 0.29) is 0 Å². The van der Waals surface area contributed by atoms with Gasteiger partial charge in [-0.2, -0.15) is 5.10 Å². The van der Waals surface area contributed by atoms with Crippen molar-refractivity contribution < 1.29 is 0 Å². The molecule has 0 atom stereocenters. The molecule has 0 unspecified atom stereocenters. The summed E-state index contributed by atoms with van der Waals surface area (Å²) >= 11 is 0. The molecule has 0 spiro atoms. The Hall–Kier alpha value is -1.51. The summed E-state index contributed by atoms with van der Waals surface area (Å²) in [6.45, 7) is 0.837. The monoisotopic (exact) mass is 161 g/mol. The van der Waals surface area contributed by atoms with Gasteiger partial charge in [-0.25, -0.2) is 5.01 Å². The van der Waals surface area contributed by atoms with E-state index >= 15 is 0 Å². The van der Waals surface area contributed by atoms with Gasteiger partial charge in [0.2, 0.25) is 0 Å². The number of nitrogens with zero attached hydrogens (tertiary/aromatic N) is 3. The molecule has 1 heterocycles. The van der Waals surface area contributed by atoms with Crippen molar-refractivity contribution in [1.82, 2.24) is 4.90 Å². The first-order valence-corrected chi connectivity index (χ1v) is 3.93. The highest BCUT2D eigenvalue weighted by molar-refractivity contribution is 5.62. The summed E-state index contributed by atoms with van der Waals surface area (Å²) in [7, 11) is 2.01. The first kappa shape index (κ1) is 7.16. The van der Waals surface area contributed by atoms with Crippen molar-refractivity contribution in [2.45, 2.75) is 0 Å². The zero-order chi connectivity index (χ0) is 8.39. The second kappa shape index (κ2) is 2.85. The van der Waals surface area contributed by atoms with E-state index in [9.17, 15) is 0 Å². The number of hydrogen-bond donors (Lipinski definition) is 0. The predicted molar refractivity (Wildman–Crippen MR) is 50.0 cm³/mol. The fraction of sp³-hybridized carbons (Fsp3) is 0.222. The molecular formula is C9H11N3. The van der Waals surface area contributed by atoms with Crippen LogP contribution in [0, 0.1) is 0 Å². The minimum absolute atomic E-state index is 0.837. The van der Waals surface area contributed by atoms with Gasteiger partial charge in [-0.1, -0.05) is 18.2 Å². The molecule has 1 aliphatic heterocycles. The van der Waals surface area contributed by atoms with E-state index in [1.165, 1.54) is 0 Å². The lowest BCUT2D eigenvalue weighted by atomic mass is 10.3. The molecule has 0 bridgehead atoms. The van der Waals surface area contributed by atoms with Crippen LogP contribution < -0.4 is 5.01 Å². The molecule has 1 aliphatic rings. The second-order valence-corrected chi connectivity index (χ2v) is 2.86. The molecule has 0 radical (unpaired) electrons. The summed E-state index contributed by atoms with van der Waals surface area (Å²) in [4.78, 5) is 2.03. The van der Waals surface area contributed by atoms with Crippen LogP contribution in [0.3, 0.4) is 0 Å². The van der Waals surface area contributed by atoms with Crippen LogP contribution in [0.2, 0.25) is 0 Å². The Morgan fingerprint density at radius 1 is 1.25 bits per heavy atom. The molecule has 3 heteroatoms. The van der Waals surface area contributed by atoms with E-state index in [2.05, 4.69) is 17.2 Å². The summed E-state index contributed by atoms with van der Waals surface area (Å²) in [6, 6.07) is 10.1. The predicted octanol–water partition coefficient (Wildman–Crippen LogP) is 1.34. The summed E-state index contributed by atoms with van der Waals surface area (Å²) in [5.74, 6) is 0. The van der Waals surface area contributed by atoms with Crippen LogP contribution in [-0.4, -0.2) is 25.0 Å². The summed E-state index contributed by atoms with van der Waals surface area (Å²) in [6.07, 6.45) is 1.83. The molecule has 12 heavy (non-hydrogen) atoms. The normalized spacial score (nSPS) is 15.8. The number of hydrogen-bond acceptors (Lipinski definition) is 3. The Bertz CT molecular complexity index is 281. The third-order valence-electron chi connectivity index (χ3n) is 1.80. The van der Waals surface area contributed by atoms with Crippen molar-refractivity contribution in [2.24, 2.45) is 5.10 Å². The molecule has 0 aromatic heterocycles. The molecule has 62 valence electrons. The zero-order valence-corrected chi connectivity index (χ0v) is 7.01. The Morgan fingerprint density at radius 2 is 2.00 bits per heavy atom. The van der Waals surface area contributed by atoms with Gasteiger partial charge >= 0.3 is 0 Å². The maximum atomic E-state index is 4.22. The highest BCUT2D eigenvalue weighted by Crippen LogP contribution is 2.15. The molecule has 1 aromatic carbocycles. The van der Waals surface area contributed by atoms with E-state index in [1.54, 1.807) is 0 Å². The van der Waals surface area contributed by atoms with Gasteiger partial charge in [-0.3, -0.25) is 0 Å². The van der Waals surface area contributed by atoms with Crippen molar-refractivity contribution in [1.29, 1.82) is 0 Å². The lowest BCUT2D eigenvalue weighted by molar-refractivity contribution is 0.549. The molecule has 0 fully saturated rings. The zero-order valence-electron chi connectivity index (χ0n) is 7.01. The summed E-state index contributed by atoms with van der Waals surface area (Å²) < 4.78 is 0. The molecule has 0 amide bonds. The van der Waals surface area contributed by atoms with Gasteiger partial charge in [-0.15, -0.1) is 0 Å². The molecule has 0 N–H and O–H groups in total. The van der Waals surface area contributed by atoms with Gasteiger partial charge in [-0.05, 0) is 12.1 Å². The first-order chi connectivity index (χ1) is 5.86. The fourth-order valence-corrected chi connectivity index (χ4v) is 1.18. The maximum Gasteiger partial charge on any atom is 0.113 e. The fourth-order valence-electron chi connectivity index (χ4n) is 1.18. The summed E-state index contributed by atoms with van der Waals surface area (Å²) in [5, 5.41) is 6.18. The van der Waals surface area contributed by atoms with E-state index in [0.29, 0.717) is 0 Å². The van der Waals surface area contributed by atoms with Gasteiger partial charge in [0.15, 0.2) is 0 Å². The minimum atomic E-state index is 0.837. The van der Waals surface area contributed by atoms with Crippen molar-refractivity contribution >= 4 is 12.0 Å². The van der Waals surface area contributed by atoms with Crippen LogP contribution in [0.1, 0.15) is 0 Å². The molecule has 0 saturated heterocycles. The number of anilines is 1. The molecule has 2 rings (SSSR count). The smallest absolute Gasteiger partial charge is 0.113 e. The van der Waals surface area contributed by atoms with Crippen molar-refractivity contribution in [3.05, 3.63) is 30.3 Å². The topological polar surface area (TPSA) is 18.8 Å². The summed E-state index contributed by atoms with van der Waals surface area (Å²) in [5.41, 5.74) is 1.14. The van der Waals surface area contributed by atoms with E-state index in [1.807, 2.05) is 41.5 Å². The van der Waals surface area contributed by atoms with E-state index < -0.39 is 0 Å². The number of rotatable bonds is 1. The van der Waals surface area contributed by atoms with Gasteiger partial charge < -0.3 is 4.90 Å². The van der Waals surface area contributed by atoms with Crippen molar-refractivity contribution in [3.8, 4) is 0 Å². The van der Waals surface area contributed by atoms with Crippen LogP contribution in [0.15, 0.2) is 35.4 Å². The first-order valence-electron chi connectivity index (χ1n) is 3.93. The van der Waals surface area contributed by atoms with E-state index in [4.69, 9.17) is 0 Å².